The van der Waals surface area contributed by atoms with Crippen molar-refractivity contribution in [2.24, 2.45) is 0 Å². The lowest BCUT2D eigenvalue weighted by atomic mass is 9.95. The van der Waals surface area contributed by atoms with Gasteiger partial charge in [0.1, 0.15) is 22.3 Å². The van der Waals surface area contributed by atoms with Crippen molar-refractivity contribution in [1.29, 1.82) is 0 Å². The van der Waals surface area contributed by atoms with Gasteiger partial charge in [-0.05, 0) is 218 Å². The monoisotopic (exact) mass is 1790 g/mol. The summed E-state index contributed by atoms with van der Waals surface area (Å²) in [7, 11) is 0. The first kappa shape index (κ1) is 78.0. The zero-order chi connectivity index (χ0) is 91.0. The van der Waals surface area contributed by atoms with Crippen LogP contribution in [-0.2, 0) is 0 Å². The van der Waals surface area contributed by atoms with Gasteiger partial charge in [-0.3, -0.25) is 9.13 Å². The average molecular weight is 1790 g/mol. The Bertz CT molecular complexity index is 10100. The molecule has 29 rings (SSSR count). The number of hydrogen-bond donors (Lipinski definition) is 0. The molecule has 0 aliphatic rings. The van der Waals surface area contributed by atoms with Crippen molar-refractivity contribution in [3.63, 3.8) is 0 Å². The largest absolute Gasteiger partial charge is 0.456 e. The highest BCUT2D eigenvalue weighted by Crippen LogP contribution is 2.49. The normalized spacial score (nSPS) is 12.0. The minimum Gasteiger partial charge on any atom is -0.456 e. The van der Waals surface area contributed by atoms with Gasteiger partial charge in [-0.25, -0.2) is 9.97 Å². The molecule has 0 aliphatic heterocycles. The predicted molar refractivity (Wildman–Crippen MR) is 572 cm³/mol. The summed E-state index contributed by atoms with van der Waals surface area (Å²) in [6.07, 6.45) is 0. The van der Waals surface area contributed by atoms with Gasteiger partial charge in [0.25, 0.3) is 0 Å². The van der Waals surface area contributed by atoms with Crippen LogP contribution in [0.5, 0.6) is 0 Å². The Kier molecular flexibility index (Phi) is 17.4. The molecule has 0 atom stereocenters. The Balaban J connectivity index is 0.596. The Morgan fingerprint density at radius 1 is 0.173 bits per heavy atom. The van der Waals surface area contributed by atoms with E-state index in [0.717, 1.165) is 225 Å². The lowest BCUT2D eigenvalue weighted by Crippen LogP contribution is -2.06. The fourth-order valence-electron chi connectivity index (χ4n) is 21.7. The van der Waals surface area contributed by atoms with E-state index < -0.39 is 0 Å². The Labute approximate surface area is 798 Å². The van der Waals surface area contributed by atoms with Crippen LogP contribution in [0.4, 0.5) is 0 Å². The van der Waals surface area contributed by atoms with E-state index >= 15 is 0 Å². The predicted octanol–water partition coefficient (Wildman–Crippen LogP) is 33.3. The zero-order valence-corrected chi connectivity index (χ0v) is 75.2. The topological polar surface area (TPSA) is 123 Å². The van der Waals surface area contributed by atoms with Gasteiger partial charge >= 0.3 is 0 Å². The lowest BCUT2D eigenvalue weighted by molar-refractivity contribution is 0.668. The molecule has 0 spiro atoms. The molecular weight excluding hydrogens is 1720 g/mol. The number of rotatable bonds is 14. The smallest absolute Gasteiger partial charge is 0.238 e. The zero-order valence-electron chi connectivity index (χ0n) is 74.4. The molecule has 9 aromatic heterocycles. The number of benzene rings is 20. The van der Waals surface area contributed by atoms with Gasteiger partial charge in [0.2, 0.25) is 11.9 Å². The summed E-state index contributed by atoms with van der Waals surface area (Å²) in [4.78, 5) is 32.3. The second-order valence-corrected chi connectivity index (χ2v) is 37.0. The molecule has 0 unspecified atom stereocenters. The fourth-order valence-corrected chi connectivity index (χ4v) is 22.9. The van der Waals surface area contributed by atoms with Gasteiger partial charge in [0, 0.05) is 118 Å². The number of fused-ring (bicyclic) bond motifs is 21. The third kappa shape index (κ3) is 12.5. The SMILES string of the molecule is c1ccc(-c2cccc(-n3c4ccc(-c5ccc6oc7cccc(-c8ccc9c(c8)c8ccccc8n9-c8nc(-c9ccccc9)nc(-c9ccccc9)n8)c7c6c5)cc4c4cc(-c5ccc6c7cc(-c8cccc9oc%10ccc(-c%11ccc%12c(c%11)c%11ccccc%11n%12-c%11ccccc%11)cc%10c89)ccc7n(-c7nc(-c8ccccc8)nc(-c8cccc9c8sc8ccccc89)n7)c6c5)ccc43)c2)cc1. The average Bonchev–Trinajstić information content (AvgIpc) is 1.56. The van der Waals surface area contributed by atoms with Crippen molar-refractivity contribution in [2.75, 3.05) is 0 Å². The van der Waals surface area contributed by atoms with Gasteiger partial charge in [0.05, 0.1) is 44.1 Å². The van der Waals surface area contributed by atoms with Crippen molar-refractivity contribution in [2.45, 2.75) is 0 Å². The number of thiophene rings is 1. The van der Waals surface area contributed by atoms with Crippen LogP contribution >= 0.6 is 11.3 Å². The van der Waals surface area contributed by atoms with Crippen LogP contribution in [0.1, 0.15) is 0 Å². The number of hydrogen-bond acceptors (Lipinski definition) is 9. The Hall–Kier alpha value is -18.6. The highest BCUT2D eigenvalue weighted by Gasteiger charge is 2.28. The van der Waals surface area contributed by atoms with E-state index in [4.69, 9.17) is 38.7 Å². The first-order chi connectivity index (χ1) is 68.9. The summed E-state index contributed by atoms with van der Waals surface area (Å²) in [5, 5.41) is 15.4. The standard InChI is InChI=1S/C126H74N10O2S/c1-6-26-75(27-7-1)79-34-22-37-89(66-79)134-108-60-52-81(84-57-65-114-104(71-84)118-90(41-24-47-115(118)138-114)86-54-62-110-99(72-86)93-39-17-20-46-106(93)135(110)125-129-121(76-28-8-2-9-29-76)127-122(130-125)77-30-10-3-11-31-77)68-101(108)102-69-82(53-61-109(102)134)85-50-58-94-100-73-87(55-63-111(100)136(112(94)74-85)126-131-123(78-32-12-4-13-33-78)128-124(132-126)97-44-23-43-96-95-40-18-21-49-117(95)139-120(96)97)91-42-25-48-116-119(91)103-70-83(56-64-113(103)137-116)80-51-59-107-98(67-80)92-38-16-19-45-105(92)133(107)88-35-14-5-15-36-88/h1-74H. The van der Waals surface area contributed by atoms with E-state index in [1.165, 1.54) is 26.4 Å². The third-order valence-electron chi connectivity index (χ3n) is 28.1. The molecule has 29 aromatic rings. The van der Waals surface area contributed by atoms with Crippen molar-refractivity contribution in [3.05, 3.63) is 449 Å². The number of para-hydroxylation sites is 3. The van der Waals surface area contributed by atoms with Gasteiger partial charge in [-0.1, -0.05) is 297 Å². The molecule has 12 nitrogen and oxygen atoms in total. The molecule has 20 aromatic carbocycles. The van der Waals surface area contributed by atoms with Crippen LogP contribution < -0.4 is 0 Å². The summed E-state index contributed by atoms with van der Waals surface area (Å²) in [5.74, 6) is 3.40. The summed E-state index contributed by atoms with van der Waals surface area (Å²) in [5.41, 5.74) is 30.4. The quantitative estimate of drug-likeness (QED) is 0.105. The van der Waals surface area contributed by atoms with Gasteiger partial charge in [-0.2, -0.15) is 19.9 Å². The Morgan fingerprint density at radius 2 is 0.504 bits per heavy atom. The van der Waals surface area contributed by atoms with Gasteiger partial charge < -0.3 is 18.0 Å². The molecule has 0 N–H and O–H groups in total. The number of furan rings is 2. The maximum atomic E-state index is 6.89. The third-order valence-corrected chi connectivity index (χ3v) is 29.3. The number of aromatic nitrogens is 10. The molecule has 13 heteroatoms. The molecule has 646 valence electrons. The van der Waals surface area contributed by atoms with Crippen molar-refractivity contribution >= 4 is 163 Å². The van der Waals surface area contributed by atoms with Crippen LogP contribution in [-0.4, -0.2) is 48.2 Å². The summed E-state index contributed by atoms with van der Waals surface area (Å²) < 4.78 is 25.3. The summed E-state index contributed by atoms with van der Waals surface area (Å²) in [6, 6.07) is 161. The van der Waals surface area contributed by atoms with E-state index in [9.17, 15) is 0 Å². The van der Waals surface area contributed by atoms with Crippen molar-refractivity contribution in [1.82, 2.24) is 48.2 Å². The molecular formula is C126H74N10O2S. The summed E-state index contributed by atoms with van der Waals surface area (Å²) in [6.45, 7) is 0. The van der Waals surface area contributed by atoms with E-state index in [1.54, 1.807) is 11.3 Å². The van der Waals surface area contributed by atoms with E-state index in [2.05, 4.69) is 400 Å². The van der Waals surface area contributed by atoms with Crippen LogP contribution in [0.3, 0.4) is 0 Å². The highest BCUT2D eigenvalue weighted by molar-refractivity contribution is 7.26. The molecule has 0 saturated carbocycles. The molecule has 0 amide bonds. The first-order valence-corrected chi connectivity index (χ1v) is 47.7. The summed E-state index contributed by atoms with van der Waals surface area (Å²) >= 11 is 1.77. The molecule has 0 bridgehead atoms. The maximum absolute atomic E-state index is 6.89. The van der Waals surface area contributed by atoms with Crippen LogP contribution in [0, 0.1) is 0 Å². The van der Waals surface area contributed by atoms with Gasteiger partial charge in [-0.15, -0.1) is 11.3 Å². The highest BCUT2D eigenvalue weighted by atomic mass is 32.1. The van der Waals surface area contributed by atoms with Crippen molar-refractivity contribution in [3.8, 4) is 136 Å². The first-order valence-electron chi connectivity index (χ1n) is 46.8. The van der Waals surface area contributed by atoms with Crippen molar-refractivity contribution < 1.29 is 8.83 Å². The van der Waals surface area contributed by atoms with E-state index in [0.29, 0.717) is 35.2 Å². The Morgan fingerprint density at radius 3 is 1.04 bits per heavy atom. The second-order valence-electron chi connectivity index (χ2n) is 35.9. The maximum Gasteiger partial charge on any atom is 0.238 e. The minimum absolute atomic E-state index is 0.502. The minimum atomic E-state index is 0.502. The molecule has 9 heterocycles. The van der Waals surface area contributed by atoms with Crippen LogP contribution in [0.2, 0.25) is 0 Å². The molecule has 0 radical (unpaired) electrons. The second kappa shape index (κ2) is 31.0. The molecule has 139 heavy (non-hydrogen) atoms. The molecule has 0 aliphatic carbocycles. The number of nitrogens with zero attached hydrogens (tertiary/aromatic N) is 10. The molecule has 0 saturated heterocycles. The lowest BCUT2D eigenvalue weighted by Gasteiger charge is -2.12. The fraction of sp³-hybridized carbons (Fsp3) is 0. The van der Waals surface area contributed by atoms with Crippen LogP contribution in [0.25, 0.3) is 287 Å². The van der Waals surface area contributed by atoms with E-state index in [-0.39, 0.29) is 0 Å². The van der Waals surface area contributed by atoms with E-state index in [1.807, 2.05) is 66.7 Å². The molecule has 0 fully saturated rings. The van der Waals surface area contributed by atoms with Crippen LogP contribution in [0.15, 0.2) is 458 Å². The van der Waals surface area contributed by atoms with Gasteiger partial charge in [0.15, 0.2) is 23.3 Å².